The fourth-order valence-electron chi connectivity index (χ4n) is 4.22. The van der Waals surface area contributed by atoms with Crippen LogP contribution in [-0.2, 0) is 59.0 Å². The summed E-state index contributed by atoms with van der Waals surface area (Å²) in [6.07, 6.45) is -0.188. The summed E-state index contributed by atoms with van der Waals surface area (Å²) in [6.45, 7) is 7.04. The van der Waals surface area contributed by atoms with Gasteiger partial charge in [0, 0.05) is 52.4 Å². The molecule has 1 aromatic carbocycles. The standard InChI is InChI=1S/C30H41N3O11/c1-5-26(37)31-14-8-6-7-9-27(38)33-23-12-10-22(11-13-23)16-32-28(39)18-41-29-15-24(42-20(3)35)30(43-21(4)36)25(44-29)17-40-19(2)34/h5,10-13,24-25,29-30H,1,6-9,14-18H2,2-4H3,(H,31,37)(H,32,39)(H,33,38)/t24-,25-,29?,30+/m1/s1. The molecule has 1 saturated heterocycles. The van der Waals surface area contributed by atoms with Gasteiger partial charge in [-0.3, -0.25) is 28.8 Å². The van der Waals surface area contributed by atoms with E-state index in [4.69, 9.17) is 23.7 Å². The fraction of sp³-hybridized carbons (Fsp3) is 0.533. The lowest BCUT2D eigenvalue weighted by atomic mass is 10.0. The van der Waals surface area contributed by atoms with Crippen LogP contribution in [0, 0.1) is 0 Å². The molecule has 1 fully saturated rings. The number of unbranched alkanes of at least 4 members (excludes halogenated alkanes) is 2. The molecule has 1 heterocycles. The third-order valence-corrected chi connectivity index (χ3v) is 6.25. The maximum absolute atomic E-state index is 12.5. The average Bonchev–Trinajstić information content (AvgIpc) is 2.97. The van der Waals surface area contributed by atoms with Gasteiger partial charge in [0.05, 0.1) is 0 Å². The van der Waals surface area contributed by atoms with Crippen molar-refractivity contribution in [1.82, 2.24) is 10.6 Å². The molecule has 2 rings (SSSR count). The second-order valence-corrected chi connectivity index (χ2v) is 10.0. The van der Waals surface area contributed by atoms with Crippen LogP contribution in [0.25, 0.3) is 0 Å². The lowest BCUT2D eigenvalue weighted by molar-refractivity contribution is -0.264. The van der Waals surface area contributed by atoms with Gasteiger partial charge < -0.3 is 39.6 Å². The third kappa shape index (κ3) is 14.2. The van der Waals surface area contributed by atoms with Gasteiger partial charge in [0.2, 0.25) is 17.7 Å². The Morgan fingerprint density at radius 3 is 2.25 bits per heavy atom. The second kappa shape index (κ2) is 19.1. The number of hydrogen-bond donors (Lipinski definition) is 3. The zero-order chi connectivity index (χ0) is 32.5. The SMILES string of the molecule is C=CC(=O)NCCCCCC(=O)Nc1ccc(CNC(=O)COC2C[C@@H](OC(C)=O)[C@H](OC(C)=O)[C@@H](COC(C)=O)O2)cc1. The van der Waals surface area contributed by atoms with E-state index in [9.17, 15) is 28.8 Å². The van der Waals surface area contributed by atoms with Crippen molar-refractivity contribution in [3.63, 3.8) is 0 Å². The summed E-state index contributed by atoms with van der Waals surface area (Å²) in [4.78, 5) is 70.3. The van der Waals surface area contributed by atoms with Crippen LogP contribution < -0.4 is 16.0 Å². The Labute approximate surface area is 256 Å². The predicted molar refractivity (Wildman–Crippen MR) is 156 cm³/mol. The van der Waals surface area contributed by atoms with Gasteiger partial charge in [-0.15, -0.1) is 0 Å². The average molecular weight is 620 g/mol. The van der Waals surface area contributed by atoms with Gasteiger partial charge in [-0.25, -0.2) is 0 Å². The molecule has 0 spiro atoms. The topological polar surface area (TPSA) is 185 Å². The molecule has 0 radical (unpaired) electrons. The number of benzene rings is 1. The Bertz CT molecular complexity index is 1160. The quantitative estimate of drug-likeness (QED) is 0.0997. The van der Waals surface area contributed by atoms with E-state index in [-0.39, 0.29) is 38.0 Å². The van der Waals surface area contributed by atoms with Crippen molar-refractivity contribution in [3.8, 4) is 0 Å². The highest BCUT2D eigenvalue weighted by Gasteiger charge is 2.44. The zero-order valence-corrected chi connectivity index (χ0v) is 25.3. The molecule has 0 saturated carbocycles. The normalized spacial score (nSPS) is 19.2. The van der Waals surface area contributed by atoms with Crippen molar-refractivity contribution in [2.45, 2.75) is 84.0 Å². The van der Waals surface area contributed by atoms with Gasteiger partial charge in [0.1, 0.15) is 25.4 Å². The molecular weight excluding hydrogens is 578 g/mol. The number of rotatable bonds is 17. The van der Waals surface area contributed by atoms with Crippen LogP contribution in [0.4, 0.5) is 5.69 Å². The van der Waals surface area contributed by atoms with Crippen LogP contribution in [0.2, 0.25) is 0 Å². The molecule has 1 aliphatic rings. The van der Waals surface area contributed by atoms with E-state index in [1.165, 1.54) is 26.8 Å². The van der Waals surface area contributed by atoms with Crippen molar-refractivity contribution in [2.24, 2.45) is 0 Å². The molecule has 242 valence electrons. The number of esters is 3. The van der Waals surface area contributed by atoms with E-state index in [0.29, 0.717) is 25.1 Å². The summed E-state index contributed by atoms with van der Waals surface area (Å²) < 4.78 is 27.0. The van der Waals surface area contributed by atoms with Gasteiger partial charge in [0.15, 0.2) is 12.4 Å². The second-order valence-electron chi connectivity index (χ2n) is 10.0. The number of hydrogen-bond acceptors (Lipinski definition) is 11. The zero-order valence-electron chi connectivity index (χ0n) is 25.3. The first kappa shape index (κ1) is 35.9. The molecule has 0 aliphatic carbocycles. The molecule has 1 aliphatic heterocycles. The highest BCUT2D eigenvalue weighted by molar-refractivity contribution is 5.90. The molecule has 3 N–H and O–H groups in total. The number of anilines is 1. The van der Waals surface area contributed by atoms with Gasteiger partial charge in [-0.1, -0.05) is 25.1 Å². The van der Waals surface area contributed by atoms with Crippen LogP contribution >= 0.6 is 0 Å². The maximum Gasteiger partial charge on any atom is 0.303 e. The fourth-order valence-corrected chi connectivity index (χ4v) is 4.22. The predicted octanol–water partition coefficient (Wildman–Crippen LogP) is 1.66. The minimum absolute atomic E-state index is 0.0253. The van der Waals surface area contributed by atoms with Gasteiger partial charge in [0.25, 0.3) is 0 Å². The van der Waals surface area contributed by atoms with E-state index in [1.54, 1.807) is 24.3 Å². The highest BCUT2D eigenvalue weighted by atomic mass is 16.7. The van der Waals surface area contributed by atoms with E-state index in [2.05, 4.69) is 22.5 Å². The first-order valence-electron chi connectivity index (χ1n) is 14.3. The monoisotopic (exact) mass is 619 g/mol. The van der Waals surface area contributed by atoms with Crippen LogP contribution in [0.3, 0.4) is 0 Å². The highest BCUT2D eigenvalue weighted by Crippen LogP contribution is 2.27. The summed E-state index contributed by atoms with van der Waals surface area (Å²) in [5.41, 5.74) is 1.41. The molecule has 3 amide bonds. The molecule has 1 unspecified atom stereocenters. The van der Waals surface area contributed by atoms with E-state index in [0.717, 1.165) is 18.4 Å². The van der Waals surface area contributed by atoms with Crippen LogP contribution in [0.1, 0.15) is 58.4 Å². The molecule has 1 aromatic rings. The van der Waals surface area contributed by atoms with E-state index in [1.807, 2.05) is 0 Å². The summed E-state index contributed by atoms with van der Waals surface area (Å²) in [5, 5.41) is 8.24. The van der Waals surface area contributed by atoms with Crippen molar-refractivity contribution < 1.29 is 52.5 Å². The largest absolute Gasteiger partial charge is 0.463 e. The Morgan fingerprint density at radius 2 is 1.61 bits per heavy atom. The lowest BCUT2D eigenvalue weighted by Crippen LogP contribution is -2.54. The summed E-state index contributed by atoms with van der Waals surface area (Å²) in [7, 11) is 0. The number of ether oxygens (including phenoxy) is 5. The smallest absolute Gasteiger partial charge is 0.303 e. The van der Waals surface area contributed by atoms with E-state index < -0.39 is 48.4 Å². The van der Waals surface area contributed by atoms with Crippen molar-refractivity contribution in [2.75, 3.05) is 25.1 Å². The number of nitrogens with one attached hydrogen (secondary N) is 3. The molecule has 4 atom stereocenters. The molecule has 44 heavy (non-hydrogen) atoms. The van der Waals surface area contributed by atoms with Gasteiger partial charge in [-0.05, 0) is 36.6 Å². The van der Waals surface area contributed by atoms with Crippen LogP contribution in [0.15, 0.2) is 36.9 Å². The molecule has 0 aromatic heterocycles. The molecular formula is C30H41N3O11. The van der Waals surface area contributed by atoms with Crippen LogP contribution in [0.5, 0.6) is 0 Å². The Balaban J connectivity index is 1.78. The number of carbonyl (C=O) groups excluding carboxylic acids is 6. The number of carbonyl (C=O) groups is 6. The number of amides is 3. The minimum Gasteiger partial charge on any atom is -0.463 e. The van der Waals surface area contributed by atoms with Crippen molar-refractivity contribution in [1.29, 1.82) is 0 Å². The molecule has 14 nitrogen and oxygen atoms in total. The summed E-state index contributed by atoms with van der Waals surface area (Å²) >= 11 is 0. The lowest BCUT2D eigenvalue weighted by Gasteiger charge is -2.39. The van der Waals surface area contributed by atoms with Crippen LogP contribution in [-0.4, -0.2) is 80.0 Å². The summed E-state index contributed by atoms with van der Waals surface area (Å²) in [6, 6.07) is 6.99. The van der Waals surface area contributed by atoms with Crippen molar-refractivity contribution >= 4 is 41.3 Å². The first-order valence-corrected chi connectivity index (χ1v) is 14.3. The first-order chi connectivity index (χ1) is 21.0. The maximum atomic E-state index is 12.5. The Morgan fingerprint density at radius 1 is 0.909 bits per heavy atom. The van der Waals surface area contributed by atoms with Gasteiger partial charge >= 0.3 is 17.9 Å². The third-order valence-electron chi connectivity index (χ3n) is 6.25. The summed E-state index contributed by atoms with van der Waals surface area (Å²) in [5.74, 6) is -2.63. The van der Waals surface area contributed by atoms with Gasteiger partial charge in [-0.2, -0.15) is 0 Å². The van der Waals surface area contributed by atoms with E-state index >= 15 is 0 Å². The van der Waals surface area contributed by atoms with Crippen molar-refractivity contribution in [3.05, 3.63) is 42.5 Å². The Kier molecular flexibility index (Phi) is 15.6. The minimum atomic E-state index is -1.04. The molecule has 0 bridgehead atoms. The Hall–Kier alpha value is -4.30. The molecule has 14 heteroatoms.